The SMILES string of the molecule is COCC(=O)c1cccc(C=O)c1. The highest BCUT2D eigenvalue weighted by Gasteiger charge is 2.04. The number of methoxy groups -OCH3 is 1. The van der Waals surface area contributed by atoms with Crippen LogP contribution < -0.4 is 0 Å². The predicted molar refractivity (Wildman–Crippen MR) is 48.0 cm³/mol. The summed E-state index contributed by atoms with van der Waals surface area (Å²) in [6.07, 6.45) is 0.712. The molecule has 0 unspecified atom stereocenters. The minimum atomic E-state index is -0.119. The van der Waals surface area contributed by atoms with Gasteiger partial charge in [-0.05, 0) is 6.07 Å². The van der Waals surface area contributed by atoms with E-state index in [1.807, 2.05) is 0 Å². The summed E-state index contributed by atoms with van der Waals surface area (Å²) in [5.74, 6) is -0.119. The maximum Gasteiger partial charge on any atom is 0.188 e. The molecule has 13 heavy (non-hydrogen) atoms. The first kappa shape index (κ1) is 9.61. The first-order valence-electron chi connectivity index (χ1n) is 3.85. The smallest absolute Gasteiger partial charge is 0.188 e. The Morgan fingerprint density at radius 2 is 2.31 bits per heavy atom. The normalized spacial score (nSPS) is 9.62. The van der Waals surface area contributed by atoms with Gasteiger partial charge in [0, 0.05) is 18.2 Å². The maximum atomic E-state index is 11.3. The van der Waals surface area contributed by atoms with Gasteiger partial charge in [0.05, 0.1) is 0 Å². The van der Waals surface area contributed by atoms with Crippen molar-refractivity contribution >= 4 is 12.1 Å². The number of carbonyl (C=O) groups excluding carboxylic acids is 2. The van der Waals surface area contributed by atoms with Crippen molar-refractivity contribution in [3.05, 3.63) is 35.4 Å². The molecule has 1 aromatic rings. The molecule has 68 valence electrons. The number of carbonyl (C=O) groups is 2. The van der Waals surface area contributed by atoms with Crippen LogP contribution in [0.1, 0.15) is 20.7 Å². The molecule has 0 N–H and O–H groups in total. The molecule has 0 saturated carbocycles. The van der Waals surface area contributed by atoms with Crippen LogP contribution in [-0.2, 0) is 4.74 Å². The molecule has 0 amide bonds. The molecule has 0 spiro atoms. The van der Waals surface area contributed by atoms with Crippen LogP contribution in [0.5, 0.6) is 0 Å². The molecule has 0 bridgehead atoms. The highest BCUT2D eigenvalue weighted by atomic mass is 16.5. The van der Waals surface area contributed by atoms with Gasteiger partial charge in [0.15, 0.2) is 5.78 Å². The van der Waals surface area contributed by atoms with E-state index in [0.29, 0.717) is 17.4 Å². The average molecular weight is 178 g/mol. The summed E-state index contributed by atoms with van der Waals surface area (Å²) in [6, 6.07) is 6.53. The monoisotopic (exact) mass is 178 g/mol. The van der Waals surface area contributed by atoms with E-state index in [-0.39, 0.29) is 12.4 Å². The molecule has 3 heteroatoms. The van der Waals surface area contributed by atoms with Crippen molar-refractivity contribution in [1.82, 2.24) is 0 Å². The molecule has 0 saturated heterocycles. The number of ether oxygens (including phenoxy) is 1. The van der Waals surface area contributed by atoms with E-state index >= 15 is 0 Å². The Bertz CT molecular complexity index is 318. The Morgan fingerprint density at radius 1 is 1.54 bits per heavy atom. The van der Waals surface area contributed by atoms with Gasteiger partial charge in [0.2, 0.25) is 0 Å². The molecule has 0 aliphatic rings. The molecule has 0 aliphatic heterocycles. The van der Waals surface area contributed by atoms with Gasteiger partial charge < -0.3 is 4.74 Å². The zero-order valence-electron chi connectivity index (χ0n) is 7.32. The van der Waals surface area contributed by atoms with Crippen molar-refractivity contribution in [2.24, 2.45) is 0 Å². The minimum Gasteiger partial charge on any atom is -0.377 e. The lowest BCUT2D eigenvalue weighted by Crippen LogP contribution is -2.07. The number of hydrogen-bond donors (Lipinski definition) is 0. The Balaban J connectivity index is 2.88. The Hall–Kier alpha value is -1.48. The lowest BCUT2D eigenvalue weighted by Gasteiger charge is -1.99. The molecular formula is C10H10O3. The summed E-state index contributed by atoms with van der Waals surface area (Å²) >= 11 is 0. The van der Waals surface area contributed by atoms with Crippen LogP contribution in [-0.4, -0.2) is 25.8 Å². The third kappa shape index (κ3) is 2.49. The van der Waals surface area contributed by atoms with E-state index in [4.69, 9.17) is 4.74 Å². The van der Waals surface area contributed by atoms with Gasteiger partial charge in [-0.15, -0.1) is 0 Å². The van der Waals surface area contributed by atoms with Crippen LogP contribution in [0.3, 0.4) is 0 Å². The summed E-state index contributed by atoms with van der Waals surface area (Å²) in [4.78, 5) is 21.7. The average Bonchev–Trinajstić information content (AvgIpc) is 2.18. The summed E-state index contributed by atoms with van der Waals surface area (Å²) in [5, 5.41) is 0. The lowest BCUT2D eigenvalue weighted by molar-refractivity contribution is 0.0848. The summed E-state index contributed by atoms with van der Waals surface area (Å²) < 4.78 is 4.69. The molecular weight excluding hydrogens is 168 g/mol. The van der Waals surface area contributed by atoms with Crippen molar-refractivity contribution < 1.29 is 14.3 Å². The molecule has 0 atom stereocenters. The highest BCUT2D eigenvalue weighted by Crippen LogP contribution is 2.04. The Morgan fingerprint density at radius 3 is 2.92 bits per heavy atom. The van der Waals surface area contributed by atoms with Gasteiger partial charge in [0.1, 0.15) is 12.9 Å². The van der Waals surface area contributed by atoms with Gasteiger partial charge in [-0.25, -0.2) is 0 Å². The second kappa shape index (κ2) is 4.52. The standard InChI is InChI=1S/C10H10O3/c1-13-7-10(12)9-4-2-3-8(5-9)6-11/h2-6H,7H2,1H3. The van der Waals surface area contributed by atoms with E-state index in [9.17, 15) is 9.59 Å². The maximum absolute atomic E-state index is 11.3. The lowest BCUT2D eigenvalue weighted by atomic mass is 10.1. The molecule has 0 aromatic heterocycles. The second-order valence-electron chi connectivity index (χ2n) is 2.60. The van der Waals surface area contributed by atoms with Gasteiger partial charge >= 0.3 is 0 Å². The van der Waals surface area contributed by atoms with Gasteiger partial charge in [0.25, 0.3) is 0 Å². The van der Waals surface area contributed by atoms with E-state index in [0.717, 1.165) is 0 Å². The summed E-state index contributed by atoms with van der Waals surface area (Å²) in [6.45, 7) is 0.0440. The molecule has 0 fully saturated rings. The largest absolute Gasteiger partial charge is 0.377 e. The highest BCUT2D eigenvalue weighted by molar-refractivity contribution is 5.98. The Labute approximate surface area is 76.3 Å². The topological polar surface area (TPSA) is 43.4 Å². The van der Waals surface area contributed by atoms with Crippen LogP contribution in [0, 0.1) is 0 Å². The Kier molecular flexibility index (Phi) is 3.34. The number of ketones is 1. The van der Waals surface area contributed by atoms with Crippen LogP contribution >= 0.6 is 0 Å². The van der Waals surface area contributed by atoms with Crippen molar-refractivity contribution in [2.75, 3.05) is 13.7 Å². The van der Waals surface area contributed by atoms with E-state index < -0.39 is 0 Å². The zero-order valence-corrected chi connectivity index (χ0v) is 7.32. The molecule has 0 aliphatic carbocycles. The number of Topliss-reactive ketones (excluding diaryl/α,β-unsaturated/α-hetero) is 1. The van der Waals surface area contributed by atoms with Crippen LogP contribution in [0.2, 0.25) is 0 Å². The van der Waals surface area contributed by atoms with Gasteiger partial charge in [-0.2, -0.15) is 0 Å². The zero-order chi connectivity index (χ0) is 9.68. The summed E-state index contributed by atoms with van der Waals surface area (Å²) in [5.41, 5.74) is 1.01. The quantitative estimate of drug-likeness (QED) is 0.516. The predicted octanol–water partition coefficient (Wildman–Crippen LogP) is 1.33. The van der Waals surface area contributed by atoms with Crippen molar-refractivity contribution in [2.45, 2.75) is 0 Å². The fraction of sp³-hybridized carbons (Fsp3) is 0.200. The number of hydrogen-bond acceptors (Lipinski definition) is 3. The molecule has 0 heterocycles. The van der Waals surface area contributed by atoms with E-state index in [2.05, 4.69) is 0 Å². The van der Waals surface area contributed by atoms with E-state index in [1.54, 1.807) is 24.3 Å². The molecule has 3 nitrogen and oxygen atoms in total. The fourth-order valence-corrected chi connectivity index (χ4v) is 1.000. The minimum absolute atomic E-state index is 0.0440. The summed E-state index contributed by atoms with van der Waals surface area (Å²) in [7, 11) is 1.46. The van der Waals surface area contributed by atoms with Crippen LogP contribution in [0.15, 0.2) is 24.3 Å². The van der Waals surface area contributed by atoms with Crippen molar-refractivity contribution in [3.8, 4) is 0 Å². The first-order chi connectivity index (χ1) is 6.27. The molecule has 0 radical (unpaired) electrons. The van der Waals surface area contributed by atoms with Gasteiger partial charge in [-0.3, -0.25) is 9.59 Å². The van der Waals surface area contributed by atoms with Crippen molar-refractivity contribution in [3.63, 3.8) is 0 Å². The van der Waals surface area contributed by atoms with Crippen LogP contribution in [0.4, 0.5) is 0 Å². The second-order valence-corrected chi connectivity index (χ2v) is 2.60. The van der Waals surface area contributed by atoms with Crippen LogP contribution in [0.25, 0.3) is 0 Å². The van der Waals surface area contributed by atoms with E-state index in [1.165, 1.54) is 7.11 Å². The molecule has 1 rings (SSSR count). The number of rotatable bonds is 4. The molecule has 1 aromatic carbocycles. The number of benzene rings is 1. The third-order valence-electron chi connectivity index (χ3n) is 1.62. The fourth-order valence-electron chi connectivity index (χ4n) is 1.000. The number of aldehydes is 1. The third-order valence-corrected chi connectivity index (χ3v) is 1.62. The first-order valence-corrected chi connectivity index (χ1v) is 3.85. The van der Waals surface area contributed by atoms with Gasteiger partial charge in [-0.1, -0.05) is 18.2 Å². The van der Waals surface area contributed by atoms with Crippen molar-refractivity contribution in [1.29, 1.82) is 0 Å².